The number of carboxylic acids is 1. The lowest BCUT2D eigenvalue weighted by Gasteiger charge is -2.27. The number of hydrogen-bond donors (Lipinski definition) is 1. The van der Waals surface area contributed by atoms with E-state index < -0.39 is 18.4 Å². The zero-order valence-corrected chi connectivity index (χ0v) is 8.93. The van der Waals surface area contributed by atoms with Gasteiger partial charge in [0.2, 0.25) is 0 Å². The third-order valence-electron chi connectivity index (χ3n) is 1.92. The van der Waals surface area contributed by atoms with E-state index in [9.17, 15) is 13.6 Å². The molecule has 0 unspecified atom stereocenters. The summed E-state index contributed by atoms with van der Waals surface area (Å²) in [6.45, 7) is 0.0894. The summed E-state index contributed by atoms with van der Waals surface area (Å²) in [5.41, 5.74) is 0. The molecule has 0 fully saturated rings. The van der Waals surface area contributed by atoms with E-state index >= 15 is 0 Å². The number of aliphatic carboxylic acids is 1. The van der Waals surface area contributed by atoms with Gasteiger partial charge in [-0.1, -0.05) is 22.0 Å². The second kappa shape index (κ2) is 4.35. The number of alkyl halides is 2. The van der Waals surface area contributed by atoms with Crippen molar-refractivity contribution in [1.82, 2.24) is 4.90 Å². The monoisotopic (exact) mass is 269 g/mol. The van der Waals surface area contributed by atoms with Crippen molar-refractivity contribution in [3.05, 3.63) is 10.6 Å². The van der Waals surface area contributed by atoms with E-state index in [1.54, 1.807) is 0 Å². The van der Waals surface area contributed by atoms with Crippen LogP contribution in [0.25, 0.3) is 0 Å². The van der Waals surface area contributed by atoms with E-state index in [1.807, 2.05) is 6.08 Å². The van der Waals surface area contributed by atoms with E-state index in [2.05, 4.69) is 15.9 Å². The van der Waals surface area contributed by atoms with Crippen molar-refractivity contribution >= 4 is 21.9 Å². The topological polar surface area (TPSA) is 40.5 Å². The summed E-state index contributed by atoms with van der Waals surface area (Å²) in [6, 6.07) is 0. The fourth-order valence-corrected chi connectivity index (χ4v) is 1.83. The Balaban J connectivity index is 2.53. The number of carboxylic acid groups (broad SMARTS) is 1. The minimum Gasteiger partial charge on any atom is -0.477 e. The normalized spacial score (nSPS) is 19.2. The average molecular weight is 270 g/mol. The van der Waals surface area contributed by atoms with Gasteiger partial charge in [0, 0.05) is 17.6 Å². The van der Waals surface area contributed by atoms with Crippen LogP contribution >= 0.6 is 15.9 Å². The predicted octanol–water partition coefficient (Wildman–Crippen LogP) is 1.69. The minimum atomic E-state index is -3.66. The molecule has 0 spiro atoms. The van der Waals surface area contributed by atoms with Gasteiger partial charge in [0.25, 0.3) is 0 Å². The molecule has 0 aliphatic carbocycles. The second-order valence-corrected chi connectivity index (χ2v) is 4.18. The quantitative estimate of drug-likeness (QED) is 0.848. The molecule has 1 rings (SSSR count). The van der Waals surface area contributed by atoms with Crippen molar-refractivity contribution in [2.24, 2.45) is 0 Å². The van der Waals surface area contributed by atoms with Crippen LogP contribution < -0.4 is 0 Å². The molecule has 0 saturated heterocycles. The number of hydrogen-bond acceptors (Lipinski definition) is 2. The lowest BCUT2D eigenvalue weighted by molar-refractivity contribution is -0.167. The van der Waals surface area contributed by atoms with Gasteiger partial charge >= 0.3 is 11.9 Å². The molecular formula is C8H10BrF2NO2. The maximum Gasteiger partial charge on any atom is 0.375 e. The van der Waals surface area contributed by atoms with Crippen LogP contribution in [-0.4, -0.2) is 41.5 Å². The van der Waals surface area contributed by atoms with E-state index in [0.29, 0.717) is 19.5 Å². The Hall–Kier alpha value is -0.490. The van der Waals surface area contributed by atoms with Crippen LogP contribution in [-0.2, 0) is 4.79 Å². The van der Waals surface area contributed by atoms with E-state index in [0.717, 1.165) is 4.48 Å². The Labute approximate surface area is 88.5 Å². The van der Waals surface area contributed by atoms with Crippen LogP contribution in [0.4, 0.5) is 8.78 Å². The third-order valence-corrected chi connectivity index (χ3v) is 2.50. The molecule has 6 heteroatoms. The Bertz CT molecular complexity index is 268. The molecule has 0 aromatic carbocycles. The van der Waals surface area contributed by atoms with Crippen molar-refractivity contribution in [3.8, 4) is 0 Å². The molecule has 14 heavy (non-hydrogen) atoms. The molecular weight excluding hydrogens is 260 g/mol. The third kappa shape index (κ3) is 3.02. The number of nitrogens with zero attached hydrogens (tertiary/aromatic N) is 1. The van der Waals surface area contributed by atoms with Crippen LogP contribution in [0.1, 0.15) is 6.42 Å². The van der Waals surface area contributed by atoms with Gasteiger partial charge in [-0.2, -0.15) is 8.78 Å². The molecule has 0 aromatic rings. The first kappa shape index (κ1) is 11.6. The Morgan fingerprint density at radius 2 is 2.36 bits per heavy atom. The predicted molar refractivity (Wildman–Crippen MR) is 50.6 cm³/mol. The van der Waals surface area contributed by atoms with Crippen LogP contribution in [0.2, 0.25) is 0 Å². The van der Waals surface area contributed by atoms with Crippen molar-refractivity contribution in [2.45, 2.75) is 12.3 Å². The molecule has 80 valence electrons. The highest BCUT2D eigenvalue weighted by molar-refractivity contribution is 9.11. The first-order valence-electron chi connectivity index (χ1n) is 4.10. The highest BCUT2D eigenvalue weighted by atomic mass is 79.9. The average Bonchev–Trinajstić information content (AvgIpc) is 2.02. The largest absolute Gasteiger partial charge is 0.477 e. The standard InChI is InChI=1S/C8H10BrF2NO2/c9-6-2-1-3-12(4-6)5-8(10,11)7(13)14/h2H,1,3-5H2,(H,13,14). The first-order valence-corrected chi connectivity index (χ1v) is 4.89. The summed E-state index contributed by atoms with van der Waals surface area (Å²) in [7, 11) is 0. The summed E-state index contributed by atoms with van der Waals surface area (Å²) in [4.78, 5) is 11.6. The first-order chi connectivity index (χ1) is 6.42. The summed E-state index contributed by atoms with van der Waals surface area (Å²) in [5.74, 6) is -5.73. The van der Waals surface area contributed by atoms with Crippen LogP contribution in [0.5, 0.6) is 0 Å². The van der Waals surface area contributed by atoms with Crippen molar-refractivity contribution in [1.29, 1.82) is 0 Å². The molecule has 0 saturated carbocycles. The highest BCUT2D eigenvalue weighted by Gasteiger charge is 2.40. The zero-order valence-electron chi connectivity index (χ0n) is 7.34. The van der Waals surface area contributed by atoms with Crippen molar-refractivity contribution in [2.75, 3.05) is 19.6 Å². The SMILES string of the molecule is O=C(O)C(F)(F)CN1CCC=C(Br)C1. The minimum absolute atomic E-state index is 0.350. The Morgan fingerprint density at radius 3 is 2.86 bits per heavy atom. The summed E-state index contributed by atoms with van der Waals surface area (Å²) in [5, 5.41) is 8.23. The molecule has 1 N–H and O–H groups in total. The molecule has 0 bridgehead atoms. The summed E-state index contributed by atoms with van der Waals surface area (Å²) >= 11 is 3.20. The van der Waals surface area contributed by atoms with E-state index in [1.165, 1.54) is 4.90 Å². The Kier molecular flexibility index (Phi) is 3.60. The lowest BCUT2D eigenvalue weighted by Crippen LogP contribution is -2.44. The molecule has 0 atom stereocenters. The van der Waals surface area contributed by atoms with Crippen LogP contribution in [0.15, 0.2) is 10.6 Å². The van der Waals surface area contributed by atoms with Crippen LogP contribution in [0, 0.1) is 0 Å². The number of rotatable bonds is 3. The van der Waals surface area contributed by atoms with Gasteiger partial charge in [0.1, 0.15) is 0 Å². The van der Waals surface area contributed by atoms with Gasteiger partial charge < -0.3 is 5.11 Å². The molecule has 0 radical (unpaired) electrons. The lowest BCUT2D eigenvalue weighted by atomic mass is 10.2. The summed E-state index contributed by atoms with van der Waals surface area (Å²) < 4.78 is 26.4. The van der Waals surface area contributed by atoms with Gasteiger partial charge in [-0.15, -0.1) is 0 Å². The molecule has 0 aromatic heterocycles. The van der Waals surface area contributed by atoms with Crippen LogP contribution in [0.3, 0.4) is 0 Å². The zero-order chi connectivity index (χ0) is 10.8. The number of carbonyl (C=O) groups is 1. The van der Waals surface area contributed by atoms with Gasteiger partial charge in [0.15, 0.2) is 0 Å². The van der Waals surface area contributed by atoms with Gasteiger partial charge in [-0.3, -0.25) is 4.90 Å². The van der Waals surface area contributed by atoms with Gasteiger partial charge in [0.05, 0.1) is 6.54 Å². The van der Waals surface area contributed by atoms with Gasteiger partial charge in [-0.05, 0) is 6.42 Å². The van der Waals surface area contributed by atoms with E-state index in [-0.39, 0.29) is 0 Å². The number of halogens is 3. The molecule has 0 amide bonds. The fraction of sp³-hybridized carbons (Fsp3) is 0.625. The Morgan fingerprint density at radius 1 is 1.71 bits per heavy atom. The molecule has 1 aliphatic heterocycles. The maximum atomic E-state index is 12.8. The van der Waals surface area contributed by atoms with Gasteiger partial charge in [-0.25, -0.2) is 4.79 Å². The van der Waals surface area contributed by atoms with Crippen molar-refractivity contribution in [3.63, 3.8) is 0 Å². The fourth-order valence-electron chi connectivity index (χ4n) is 1.24. The van der Waals surface area contributed by atoms with E-state index in [4.69, 9.17) is 5.11 Å². The maximum absolute atomic E-state index is 12.8. The van der Waals surface area contributed by atoms with Crippen molar-refractivity contribution < 1.29 is 18.7 Å². The smallest absolute Gasteiger partial charge is 0.375 e. The summed E-state index contributed by atoms with van der Waals surface area (Å²) in [6.07, 6.45) is 2.56. The highest BCUT2D eigenvalue weighted by Crippen LogP contribution is 2.20. The second-order valence-electron chi connectivity index (χ2n) is 3.16. The molecule has 3 nitrogen and oxygen atoms in total. The molecule has 1 heterocycles. The molecule has 1 aliphatic rings.